The lowest BCUT2D eigenvalue weighted by Gasteiger charge is -2.32. The van der Waals surface area contributed by atoms with Gasteiger partial charge in [-0.2, -0.15) is 0 Å². The number of hydrogen-bond acceptors (Lipinski definition) is 3. The first-order chi connectivity index (χ1) is 16.5. The third kappa shape index (κ3) is 4.74. The lowest BCUT2D eigenvalue weighted by Crippen LogP contribution is -2.44. The van der Waals surface area contributed by atoms with Crippen molar-refractivity contribution in [3.05, 3.63) is 87.9 Å². The van der Waals surface area contributed by atoms with E-state index in [1.54, 1.807) is 11.3 Å². The first-order valence-corrected chi connectivity index (χ1v) is 12.7. The molecule has 1 unspecified atom stereocenters. The molecule has 5 rings (SSSR count). The van der Waals surface area contributed by atoms with E-state index >= 15 is 0 Å². The quantitative estimate of drug-likeness (QED) is 0.361. The number of thiophene rings is 1. The highest BCUT2D eigenvalue weighted by Gasteiger charge is 2.31. The third-order valence-corrected chi connectivity index (χ3v) is 7.50. The molecule has 0 bridgehead atoms. The van der Waals surface area contributed by atoms with Gasteiger partial charge in [0, 0.05) is 35.7 Å². The Bertz CT molecular complexity index is 1360. The first-order valence-electron chi connectivity index (χ1n) is 11.5. The summed E-state index contributed by atoms with van der Waals surface area (Å²) in [6.07, 6.45) is 1.58. The molecule has 2 aromatic heterocycles. The number of halogens is 1. The smallest absolute Gasteiger partial charge is 0.270 e. The highest BCUT2D eigenvalue weighted by molar-refractivity contribution is 7.16. The first kappa shape index (κ1) is 22.7. The maximum absolute atomic E-state index is 13.7. The summed E-state index contributed by atoms with van der Waals surface area (Å²) >= 11 is 7.82. The van der Waals surface area contributed by atoms with Gasteiger partial charge in [0.1, 0.15) is 10.5 Å². The minimum atomic E-state index is -0.226. The number of amides is 2. The van der Waals surface area contributed by atoms with E-state index in [1.807, 2.05) is 77.9 Å². The molecule has 2 amide bonds. The normalized spacial score (nSPS) is 16.1. The average Bonchev–Trinajstić information content (AvgIpc) is 3.41. The number of fused-ring (bicyclic) bond motifs is 1. The number of nitrogens with one attached hydrogen (secondary N) is 1. The van der Waals surface area contributed by atoms with Gasteiger partial charge in [-0.1, -0.05) is 35.9 Å². The molecule has 1 fully saturated rings. The number of likely N-dealkylation sites (tertiary alicyclic amines) is 1. The Morgan fingerprint density at radius 2 is 1.97 bits per heavy atom. The van der Waals surface area contributed by atoms with Gasteiger partial charge in [-0.05, 0) is 72.7 Å². The molecule has 1 aliphatic rings. The van der Waals surface area contributed by atoms with Crippen LogP contribution in [-0.2, 0) is 11.3 Å². The van der Waals surface area contributed by atoms with Gasteiger partial charge in [-0.15, -0.1) is 11.3 Å². The van der Waals surface area contributed by atoms with Gasteiger partial charge in [0.2, 0.25) is 5.91 Å². The molecule has 174 valence electrons. The van der Waals surface area contributed by atoms with Crippen LogP contribution in [0.1, 0.15) is 34.5 Å². The van der Waals surface area contributed by atoms with Crippen molar-refractivity contribution < 1.29 is 9.59 Å². The van der Waals surface area contributed by atoms with Crippen molar-refractivity contribution >= 4 is 50.7 Å². The topological polar surface area (TPSA) is 54.3 Å². The molecule has 4 aromatic rings. The van der Waals surface area contributed by atoms with E-state index < -0.39 is 0 Å². The second-order valence-corrected chi connectivity index (χ2v) is 10.2. The van der Waals surface area contributed by atoms with Crippen LogP contribution in [0.15, 0.2) is 66.0 Å². The number of carbonyl (C=O) groups excluding carboxylic acids is 2. The van der Waals surface area contributed by atoms with Crippen LogP contribution in [0.4, 0.5) is 5.69 Å². The fourth-order valence-electron chi connectivity index (χ4n) is 4.63. The maximum Gasteiger partial charge on any atom is 0.270 e. The Morgan fingerprint density at radius 3 is 2.79 bits per heavy atom. The monoisotopic (exact) mass is 491 g/mol. The van der Waals surface area contributed by atoms with Gasteiger partial charge in [0.05, 0.1) is 5.92 Å². The molecule has 0 saturated carbocycles. The van der Waals surface area contributed by atoms with Gasteiger partial charge >= 0.3 is 0 Å². The minimum absolute atomic E-state index is 0.0292. The summed E-state index contributed by atoms with van der Waals surface area (Å²) in [7, 11) is 0. The average molecular weight is 492 g/mol. The highest BCUT2D eigenvalue weighted by atomic mass is 35.5. The number of anilines is 1. The van der Waals surface area contributed by atoms with Gasteiger partial charge in [0.25, 0.3) is 5.91 Å². The van der Waals surface area contributed by atoms with Crippen molar-refractivity contribution in [2.24, 2.45) is 5.92 Å². The lowest BCUT2D eigenvalue weighted by molar-refractivity contribution is -0.121. The summed E-state index contributed by atoms with van der Waals surface area (Å²) in [5.41, 5.74) is 3.59. The van der Waals surface area contributed by atoms with E-state index in [2.05, 4.69) is 9.88 Å². The van der Waals surface area contributed by atoms with Crippen LogP contribution < -0.4 is 5.32 Å². The molecule has 34 heavy (non-hydrogen) atoms. The van der Waals surface area contributed by atoms with E-state index in [-0.39, 0.29) is 17.7 Å². The summed E-state index contributed by atoms with van der Waals surface area (Å²) in [5.74, 6) is -0.285. The predicted molar refractivity (Wildman–Crippen MR) is 139 cm³/mol. The van der Waals surface area contributed by atoms with Crippen molar-refractivity contribution in [3.8, 4) is 0 Å². The van der Waals surface area contributed by atoms with E-state index in [4.69, 9.17) is 11.6 Å². The Kier molecular flexibility index (Phi) is 6.44. The standard InChI is InChI=1S/C27H26ClN3O2S/c1-18-5-2-9-23(13-18)29-25(32)21-7-4-11-30(17-21)26(33)24-15-20-10-12-34-27(20)31(24)16-19-6-3-8-22(28)14-19/h2-3,5-6,8-10,12-15,21H,4,7,11,16-17H2,1H3,(H,29,32). The molecule has 1 aliphatic heterocycles. The van der Waals surface area contributed by atoms with Crippen molar-refractivity contribution in [2.45, 2.75) is 26.3 Å². The molecule has 0 aliphatic carbocycles. The predicted octanol–water partition coefficient (Wildman–Crippen LogP) is 6.20. The van der Waals surface area contributed by atoms with Crippen molar-refractivity contribution in [1.29, 1.82) is 0 Å². The van der Waals surface area contributed by atoms with Gasteiger partial charge in [-0.25, -0.2) is 0 Å². The van der Waals surface area contributed by atoms with Crippen LogP contribution in [0.25, 0.3) is 10.2 Å². The summed E-state index contributed by atoms with van der Waals surface area (Å²) in [6.45, 7) is 3.65. The highest BCUT2D eigenvalue weighted by Crippen LogP contribution is 2.29. The number of piperidine rings is 1. The van der Waals surface area contributed by atoms with Crippen LogP contribution in [0.5, 0.6) is 0 Å². The zero-order valence-corrected chi connectivity index (χ0v) is 20.5. The molecule has 1 atom stereocenters. The number of hydrogen-bond donors (Lipinski definition) is 1. The molecule has 1 saturated heterocycles. The van der Waals surface area contributed by atoms with Crippen LogP contribution >= 0.6 is 22.9 Å². The number of nitrogens with zero attached hydrogens (tertiary/aromatic N) is 2. The molecule has 5 nitrogen and oxygen atoms in total. The molecule has 0 spiro atoms. The van der Waals surface area contributed by atoms with E-state index in [0.29, 0.717) is 30.4 Å². The van der Waals surface area contributed by atoms with Gasteiger partial charge in [0.15, 0.2) is 0 Å². The van der Waals surface area contributed by atoms with Gasteiger partial charge < -0.3 is 14.8 Å². The molecule has 0 radical (unpaired) electrons. The molecular weight excluding hydrogens is 466 g/mol. The summed E-state index contributed by atoms with van der Waals surface area (Å²) in [4.78, 5) is 29.5. The number of benzene rings is 2. The maximum atomic E-state index is 13.7. The molecular formula is C27H26ClN3O2S. The van der Waals surface area contributed by atoms with Crippen LogP contribution in [0.3, 0.4) is 0 Å². The fraction of sp³-hybridized carbons (Fsp3) is 0.259. The Balaban J connectivity index is 1.36. The second kappa shape index (κ2) is 9.65. The zero-order chi connectivity index (χ0) is 23.7. The molecule has 3 heterocycles. The number of rotatable bonds is 5. The van der Waals surface area contributed by atoms with Crippen LogP contribution in [0, 0.1) is 12.8 Å². The Labute approximate surface area is 208 Å². The number of aromatic nitrogens is 1. The summed E-state index contributed by atoms with van der Waals surface area (Å²) in [6, 6.07) is 19.5. The van der Waals surface area contributed by atoms with E-state index in [1.165, 1.54) is 0 Å². The largest absolute Gasteiger partial charge is 0.337 e. The lowest BCUT2D eigenvalue weighted by atomic mass is 9.96. The minimum Gasteiger partial charge on any atom is -0.337 e. The molecule has 7 heteroatoms. The van der Waals surface area contributed by atoms with Crippen molar-refractivity contribution in [3.63, 3.8) is 0 Å². The Morgan fingerprint density at radius 1 is 1.12 bits per heavy atom. The molecule has 2 aromatic carbocycles. The molecule has 1 N–H and O–H groups in total. The second-order valence-electron chi connectivity index (χ2n) is 8.88. The SMILES string of the molecule is Cc1cccc(NC(=O)C2CCCN(C(=O)c3cc4ccsc4n3Cc3cccc(Cl)c3)C2)c1. The van der Waals surface area contributed by atoms with E-state index in [9.17, 15) is 9.59 Å². The summed E-state index contributed by atoms with van der Waals surface area (Å²) < 4.78 is 2.07. The van der Waals surface area contributed by atoms with E-state index in [0.717, 1.165) is 39.9 Å². The van der Waals surface area contributed by atoms with Gasteiger partial charge in [-0.3, -0.25) is 9.59 Å². The van der Waals surface area contributed by atoms with Crippen LogP contribution in [0.2, 0.25) is 5.02 Å². The van der Waals surface area contributed by atoms with Crippen LogP contribution in [-0.4, -0.2) is 34.4 Å². The van der Waals surface area contributed by atoms with Crippen molar-refractivity contribution in [1.82, 2.24) is 9.47 Å². The number of aryl methyl sites for hydroxylation is 1. The third-order valence-electron chi connectivity index (χ3n) is 6.32. The zero-order valence-electron chi connectivity index (χ0n) is 19.0. The number of carbonyl (C=O) groups is 2. The summed E-state index contributed by atoms with van der Waals surface area (Å²) in [5, 5.41) is 6.80. The van der Waals surface area contributed by atoms with Crippen molar-refractivity contribution in [2.75, 3.05) is 18.4 Å². The fourth-order valence-corrected chi connectivity index (χ4v) is 5.74. The Hall–Kier alpha value is -3.09.